The zero-order valence-electron chi connectivity index (χ0n) is 17.0. The molecule has 2 aromatic heterocycles. The van der Waals surface area contributed by atoms with Crippen molar-refractivity contribution in [2.24, 2.45) is 7.05 Å². The summed E-state index contributed by atoms with van der Waals surface area (Å²) in [6.07, 6.45) is 3.89. The molecule has 0 spiro atoms. The first-order valence-electron chi connectivity index (χ1n) is 9.81. The summed E-state index contributed by atoms with van der Waals surface area (Å²) in [5, 5.41) is 15.2. The number of para-hydroxylation sites is 1. The number of anilines is 2. The van der Waals surface area contributed by atoms with Crippen LogP contribution >= 0.6 is 0 Å². The third kappa shape index (κ3) is 3.06. The highest BCUT2D eigenvalue weighted by Gasteiger charge is 2.25. The molecule has 0 atom stereocenters. The molecular formula is C24H19FN4O2. The van der Waals surface area contributed by atoms with Gasteiger partial charge in [0.15, 0.2) is 0 Å². The maximum absolute atomic E-state index is 13.8. The van der Waals surface area contributed by atoms with Crippen LogP contribution in [0, 0.1) is 5.82 Å². The average Bonchev–Trinajstić information content (AvgIpc) is 3.34. The molecular weight excluding hydrogens is 395 g/mol. The van der Waals surface area contributed by atoms with E-state index in [1.54, 1.807) is 6.07 Å². The predicted molar refractivity (Wildman–Crippen MR) is 118 cm³/mol. The van der Waals surface area contributed by atoms with Crippen LogP contribution in [0.1, 0.15) is 27.3 Å². The van der Waals surface area contributed by atoms with Gasteiger partial charge < -0.3 is 10.0 Å². The van der Waals surface area contributed by atoms with Gasteiger partial charge in [-0.2, -0.15) is 5.10 Å². The molecule has 154 valence electrons. The third-order valence-corrected chi connectivity index (χ3v) is 5.70. The van der Waals surface area contributed by atoms with Crippen molar-refractivity contribution < 1.29 is 14.3 Å². The van der Waals surface area contributed by atoms with E-state index in [0.717, 1.165) is 33.5 Å². The van der Waals surface area contributed by atoms with E-state index in [4.69, 9.17) is 5.10 Å². The molecule has 0 bridgehead atoms. The fraction of sp³-hybridized carbons (Fsp3) is 0.125. The van der Waals surface area contributed by atoms with Crippen LogP contribution in [-0.2, 0) is 13.5 Å². The number of hydrogen-bond acceptors (Lipinski definition) is 4. The molecule has 2 aromatic carbocycles. The predicted octanol–water partition coefficient (Wildman–Crippen LogP) is 4.67. The lowest BCUT2D eigenvalue weighted by molar-refractivity contribution is 0.0695. The van der Waals surface area contributed by atoms with Crippen LogP contribution in [0.2, 0.25) is 0 Å². The molecule has 7 heteroatoms. The van der Waals surface area contributed by atoms with Gasteiger partial charge in [-0.15, -0.1) is 0 Å². The Bertz CT molecular complexity index is 1390. The number of aromatic nitrogens is 3. The van der Waals surface area contributed by atoms with Crippen LogP contribution in [-0.4, -0.2) is 32.9 Å². The van der Waals surface area contributed by atoms with Gasteiger partial charge in [-0.05, 0) is 47.5 Å². The molecule has 1 aliphatic carbocycles. The molecule has 0 fully saturated rings. The van der Waals surface area contributed by atoms with Crippen LogP contribution in [0.4, 0.5) is 15.8 Å². The Balaban J connectivity index is 1.61. The third-order valence-electron chi connectivity index (χ3n) is 5.70. The summed E-state index contributed by atoms with van der Waals surface area (Å²) in [7, 11) is 3.77. The van der Waals surface area contributed by atoms with Gasteiger partial charge in [0.05, 0.1) is 28.2 Å². The number of allylic oxidation sites excluding steroid dienone is 1. The van der Waals surface area contributed by atoms with Crippen molar-refractivity contribution >= 4 is 39.9 Å². The number of hydrogen-bond donors (Lipinski definition) is 1. The van der Waals surface area contributed by atoms with Gasteiger partial charge in [0.1, 0.15) is 5.82 Å². The first-order valence-corrected chi connectivity index (χ1v) is 9.81. The average molecular weight is 414 g/mol. The lowest BCUT2D eigenvalue weighted by Crippen LogP contribution is -2.11. The number of carboxylic acids is 1. The van der Waals surface area contributed by atoms with Gasteiger partial charge in [-0.1, -0.05) is 18.2 Å². The van der Waals surface area contributed by atoms with E-state index in [2.05, 4.69) is 4.98 Å². The first kappa shape index (κ1) is 19.0. The molecule has 4 aromatic rings. The normalized spacial score (nSPS) is 12.7. The number of carboxylic acid groups (broad SMARTS) is 1. The summed E-state index contributed by atoms with van der Waals surface area (Å²) in [5.74, 6) is -1.25. The van der Waals surface area contributed by atoms with Crippen LogP contribution in [0.3, 0.4) is 0 Å². The van der Waals surface area contributed by atoms with Gasteiger partial charge in [0.25, 0.3) is 0 Å². The number of carbonyl (C=O) groups is 1. The molecule has 5 rings (SSSR count). The van der Waals surface area contributed by atoms with Crippen LogP contribution < -0.4 is 4.90 Å². The Morgan fingerprint density at radius 2 is 2.00 bits per heavy atom. The summed E-state index contributed by atoms with van der Waals surface area (Å²) in [5.41, 5.74) is 5.89. The number of aromatic carboxylic acids is 1. The van der Waals surface area contributed by atoms with Crippen molar-refractivity contribution in [1.29, 1.82) is 0 Å². The molecule has 0 amide bonds. The van der Waals surface area contributed by atoms with Crippen molar-refractivity contribution in [2.75, 3.05) is 11.9 Å². The topological polar surface area (TPSA) is 71.2 Å². The van der Waals surface area contributed by atoms with Gasteiger partial charge in [0, 0.05) is 37.8 Å². The van der Waals surface area contributed by atoms with E-state index < -0.39 is 5.97 Å². The van der Waals surface area contributed by atoms with E-state index in [0.29, 0.717) is 17.7 Å². The highest BCUT2D eigenvalue weighted by molar-refractivity contribution is 6.04. The molecule has 0 aliphatic heterocycles. The Kier molecular flexibility index (Phi) is 4.32. The van der Waals surface area contributed by atoms with E-state index in [1.807, 2.05) is 54.0 Å². The Morgan fingerprint density at radius 1 is 1.19 bits per heavy atom. The fourth-order valence-corrected chi connectivity index (χ4v) is 4.23. The molecule has 0 saturated carbocycles. The zero-order chi connectivity index (χ0) is 21.7. The van der Waals surface area contributed by atoms with Crippen LogP contribution in [0.15, 0.2) is 54.7 Å². The van der Waals surface area contributed by atoms with Crippen molar-refractivity contribution in [3.8, 4) is 0 Å². The minimum absolute atomic E-state index is 0.267. The van der Waals surface area contributed by atoms with E-state index in [9.17, 15) is 14.3 Å². The lowest BCUT2D eigenvalue weighted by Gasteiger charge is -2.21. The smallest absolute Gasteiger partial charge is 0.336 e. The number of rotatable bonds is 4. The molecule has 0 saturated heterocycles. The largest absolute Gasteiger partial charge is 0.478 e. The molecule has 0 radical (unpaired) electrons. The number of aryl methyl sites for hydroxylation is 1. The van der Waals surface area contributed by atoms with Gasteiger partial charge in [0.2, 0.25) is 0 Å². The minimum atomic E-state index is -0.960. The summed E-state index contributed by atoms with van der Waals surface area (Å²) in [4.78, 5) is 17.9. The number of pyridine rings is 1. The number of fused-ring (bicyclic) bond motifs is 2. The second kappa shape index (κ2) is 7.05. The lowest BCUT2D eigenvalue weighted by atomic mass is 10.0. The summed E-state index contributed by atoms with van der Waals surface area (Å²) in [6.45, 7) is 0. The maximum Gasteiger partial charge on any atom is 0.336 e. The maximum atomic E-state index is 13.8. The summed E-state index contributed by atoms with van der Waals surface area (Å²) in [6, 6.07) is 13.9. The second-order valence-corrected chi connectivity index (χ2v) is 7.56. The van der Waals surface area contributed by atoms with E-state index >= 15 is 0 Å². The van der Waals surface area contributed by atoms with E-state index in [-0.39, 0.29) is 11.4 Å². The minimum Gasteiger partial charge on any atom is -0.478 e. The summed E-state index contributed by atoms with van der Waals surface area (Å²) < 4.78 is 15.6. The highest BCUT2D eigenvalue weighted by Crippen LogP contribution is 2.38. The van der Waals surface area contributed by atoms with Gasteiger partial charge >= 0.3 is 5.97 Å². The summed E-state index contributed by atoms with van der Waals surface area (Å²) >= 11 is 0. The SMILES string of the molecule is CN(c1cccc(F)c1)c1cccc2c(C3=Cc4nccc(C(=O)O)c4C3)nn(C)c12. The quantitative estimate of drug-likeness (QED) is 0.525. The number of halogens is 1. The van der Waals surface area contributed by atoms with Gasteiger partial charge in [-0.3, -0.25) is 9.67 Å². The molecule has 6 nitrogen and oxygen atoms in total. The molecule has 1 N–H and O–H groups in total. The molecule has 0 unspecified atom stereocenters. The first-order chi connectivity index (χ1) is 14.9. The van der Waals surface area contributed by atoms with Crippen LogP contribution in [0.5, 0.6) is 0 Å². The number of benzene rings is 2. The van der Waals surface area contributed by atoms with Crippen molar-refractivity contribution in [1.82, 2.24) is 14.8 Å². The van der Waals surface area contributed by atoms with E-state index in [1.165, 1.54) is 24.4 Å². The standard InChI is InChI=1S/C24H19FN4O2/c1-28(16-6-3-5-15(25)13-16)21-8-4-7-18-22(27-29(2)23(18)21)14-11-19-17(24(30)31)9-10-26-20(19)12-14/h3-10,12-13H,11H2,1-2H3,(H,30,31). The zero-order valence-corrected chi connectivity index (χ0v) is 17.0. The molecule has 31 heavy (non-hydrogen) atoms. The van der Waals surface area contributed by atoms with Gasteiger partial charge in [-0.25, -0.2) is 9.18 Å². The molecule has 1 aliphatic rings. The van der Waals surface area contributed by atoms with Crippen molar-refractivity contribution in [3.63, 3.8) is 0 Å². The molecule has 2 heterocycles. The van der Waals surface area contributed by atoms with Crippen molar-refractivity contribution in [2.45, 2.75) is 6.42 Å². The monoisotopic (exact) mass is 414 g/mol. The fourth-order valence-electron chi connectivity index (χ4n) is 4.23. The highest BCUT2D eigenvalue weighted by atomic mass is 19.1. The van der Waals surface area contributed by atoms with Crippen LogP contribution in [0.25, 0.3) is 22.6 Å². The Hall–Kier alpha value is -4.00. The Labute approximate surface area is 177 Å². The second-order valence-electron chi connectivity index (χ2n) is 7.56. The Morgan fingerprint density at radius 3 is 2.77 bits per heavy atom. The van der Waals surface area contributed by atoms with Crippen molar-refractivity contribution in [3.05, 3.63) is 83.1 Å². The number of nitrogens with zero attached hydrogens (tertiary/aromatic N) is 4.